The topological polar surface area (TPSA) is 40.5 Å². The molecule has 2 N–H and O–H groups in total. The van der Waals surface area contributed by atoms with Crippen molar-refractivity contribution in [1.82, 2.24) is 0 Å². The Hall–Kier alpha value is -0.0800. The van der Waals surface area contributed by atoms with Crippen LogP contribution >= 0.6 is 0 Å². The number of aliphatic hydroxyl groups is 2. The zero-order chi connectivity index (χ0) is 7.84. The first-order valence-electron chi connectivity index (χ1n) is 4.58. The molecule has 2 aliphatic rings. The molecule has 2 aliphatic carbocycles. The van der Waals surface area contributed by atoms with E-state index in [4.69, 9.17) is 10.2 Å². The highest BCUT2D eigenvalue weighted by Gasteiger charge is 2.46. The third-order valence-electron chi connectivity index (χ3n) is 3.70. The molecular weight excluding hydrogens is 140 g/mol. The van der Waals surface area contributed by atoms with Gasteiger partial charge in [0.15, 0.2) is 0 Å². The summed E-state index contributed by atoms with van der Waals surface area (Å²) in [5, 5.41) is 18.2. The van der Waals surface area contributed by atoms with Crippen molar-refractivity contribution in [2.75, 3.05) is 13.2 Å². The molecule has 0 heterocycles. The van der Waals surface area contributed by atoms with Gasteiger partial charge in [-0.25, -0.2) is 0 Å². The summed E-state index contributed by atoms with van der Waals surface area (Å²) in [4.78, 5) is 0. The van der Waals surface area contributed by atoms with E-state index in [0.29, 0.717) is 11.8 Å². The van der Waals surface area contributed by atoms with Crippen LogP contribution in [0.4, 0.5) is 0 Å². The zero-order valence-corrected chi connectivity index (χ0v) is 6.74. The molecule has 2 fully saturated rings. The van der Waals surface area contributed by atoms with Crippen LogP contribution in [0, 0.1) is 23.7 Å². The molecule has 2 heteroatoms. The summed E-state index contributed by atoms with van der Waals surface area (Å²) < 4.78 is 0. The highest BCUT2D eigenvalue weighted by atomic mass is 16.3. The Morgan fingerprint density at radius 1 is 0.909 bits per heavy atom. The second-order valence-corrected chi connectivity index (χ2v) is 4.03. The lowest BCUT2D eigenvalue weighted by Crippen LogP contribution is -2.27. The average molecular weight is 156 g/mol. The van der Waals surface area contributed by atoms with Gasteiger partial charge in [-0.15, -0.1) is 0 Å². The molecular formula is C9H16O2. The van der Waals surface area contributed by atoms with E-state index in [1.807, 2.05) is 0 Å². The first-order valence-corrected chi connectivity index (χ1v) is 4.58. The SMILES string of the molecule is OC[C@@H]1[C@H]2CC[C@@H](C2)[C@@H]1CO. The fourth-order valence-electron chi connectivity index (χ4n) is 3.10. The Morgan fingerprint density at radius 3 is 1.73 bits per heavy atom. The Balaban J connectivity index is 2.08. The number of hydrogen-bond acceptors (Lipinski definition) is 2. The van der Waals surface area contributed by atoms with Crippen LogP contribution in [0.1, 0.15) is 19.3 Å². The smallest absolute Gasteiger partial charge is 0.0465 e. The summed E-state index contributed by atoms with van der Waals surface area (Å²) in [5.41, 5.74) is 0. The Morgan fingerprint density at radius 2 is 1.36 bits per heavy atom. The first kappa shape index (κ1) is 7.56. The quantitative estimate of drug-likeness (QED) is 0.615. The minimum absolute atomic E-state index is 0.284. The van der Waals surface area contributed by atoms with Gasteiger partial charge in [-0.3, -0.25) is 0 Å². The maximum atomic E-state index is 9.08. The maximum Gasteiger partial charge on any atom is 0.0465 e. The lowest BCUT2D eigenvalue weighted by atomic mass is 9.80. The van der Waals surface area contributed by atoms with Crippen molar-refractivity contribution in [1.29, 1.82) is 0 Å². The molecule has 2 nitrogen and oxygen atoms in total. The fourth-order valence-corrected chi connectivity index (χ4v) is 3.10. The Labute approximate surface area is 67.2 Å². The summed E-state index contributed by atoms with van der Waals surface area (Å²) in [6.45, 7) is 0.568. The van der Waals surface area contributed by atoms with E-state index in [0.717, 1.165) is 11.8 Å². The van der Waals surface area contributed by atoms with Gasteiger partial charge >= 0.3 is 0 Å². The van der Waals surface area contributed by atoms with E-state index in [9.17, 15) is 0 Å². The second-order valence-electron chi connectivity index (χ2n) is 4.03. The van der Waals surface area contributed by atoms with Crippen LogP contribution in [0.3, 0.4) is 0 Å². The van der Waals surface area contributed by atoms with E-state index in [1.54, 1.807) is 0 Å². The lowest BCUT2D eigenvalue weighted by molar-refractivity contribution is 0.0791. The van der Waals surface area contributed by atoms with Crippen LogP contribution in [-0.2, 0) is 0 Å². The van der Waals surface area contributed by atoms with Crippen LogP contribution in [-0.4, -0.2) is 23.4 Å². The van der Waals surface area contributed by atoms with Crippen LogP contribution in [0.15, 0.2) is 0 Å². The van der Waals surface area contributed by atoms with Crippen molar-refractivity contribution in [2.45, 2.75) is 19.3 Å². The molecule has 0 saturated heterocycles. The minimum atomic E-state index is 0.284. The molecule has 0 aliphatic heterocycles. The monoisotopic (exact) mass is 156 g/mol. The number of fused-ring (bicyclic) bond motifs is 2. The number of hydrogen-bond donors (Lipinski definition) is 2. The van der Waals surface area contributed by atoms with Gasteiger partial charge in [-0.1, -0.05) is 0 Å². The van der Waals surface area contributed by atoms with Gasteiger partial charge in [0.2, 0.25) is 0 Å². The molecule has 0 unspecified atom stereocenters. The largest absolute Gasteiger partial charge is 0.396 e. The Kier molecular flexibility index (Phi) is 1.90. The van der Waals surface area contributed by atoms with Crippen molar-refractivity contribution in [3.8, 4) is 0 Å². The highest BCUT2D eigenvalue weighted by molar-refractivity contribution is 4.95. The molecule has 2 bridgehead atoms. The van der Waals surface area contributed by atoms with Crippen molar-refractivity contribution >= 4 is 0 Å². The van der Waals surface area contributed by atoms with Crippen molar-refractivity contribution in [3.05, 3.63) is 0 Å². The van der Waals surface area contributed by atoms with Gasteiger partial charge in [-0.05, 0) is 42.9 Å². The molecule has 11 heavy (non-hydrogen) atoms. The van der Waals surface area contributed by atoms with Crippen molar-refractivity contribution in [3.63, 3.8) is 0 Å². The van der Waals surface area contributed by atoms with E-state index in [1.165, 1.54) is 19.3 Å². The maximum absolute atomic E-state index is 9.08. The summed E-state index contributed by atoms with van der Waals surface area (Å²) >= 11 is 0. The van der Waals surface area contributed by atoms with Crippen LogP contribution in [0.25, 0.3) is 0 Å². The number of rotatable bonds is 2. The molecule has 64 valence electrons. The molecule has 0 aromatic carbocycles. The first-order chi connectivity index (χ1) is 5.36. The van der Waals surface area contributed by atoms with E-state index < -0.39 is 0 Å². The average Bonchev–Trinajstić information content (AvgIpc) is 2.60. The summed E-state index contributed by atoms with van der Waals surface area (Å²) in [7, 11) is 0. The van der Waals surface area contributed by atoms with Crippen LogP contribution < -0.4 is 0 Å². The molecule has 4 atom stereocenters. The second kappa shape index (κ2) is 2.76. The van der Waals surface area contributed by atoms with E-state index in [2.05, 4.69) is 0 Å². The third-order valence-corrected chi connectivity index (χ3v) is 3.70. The normalized spacial score (nSPS) is 48.5. The van der Waals surface area contributed by atoms with Crippen LogP contribution in [0.2, 0.25) is 0 Å². The zero-order valence-electron chi connectivity index (χ0n) is 6.74. The molecule has 2 rings (SSSR count). The molecule has 0 aromatic heterocycles. The van der Waals surface area contributed by atoms with Crippen molar-refractivity contribution < 1.29 is 10.2 Å². The summed E-state index contributed by atoms with van der Waals surface area (Å²) in [6.07, 6.45) is 3.83. The molecule has 0 radical (unpaired) electrons. The lowest BCUT2D eigenvalue weighted by Gasteiger charge is -2.27. The standard InChI is InChI=1S/C9H16O2/c10-4-8-6-1-2-7(3-6)9(8)5-11/h6-11H,1-5H2/t6-,7-,8-,9+/m0/s1. The van der Waals surface area contributed by atoms with E-state index >= 15 is 0 Å². The van der Waals surface area contributed by atoms with Gasteiger partial charge < -0.3 is 10.2 Å². The minimum Gasteiger partial charge on any atom is -0.396 e. The van der Waals surface area contributed by atoms with Gasteiger partial charge in [0.1, 0.15) is 0 Å². The Bertz CT molecular complexity index is 130. The van der Waals surface area contributed by atoms with Crippen LogP contribution in [0.5, 0.6) is 0 Å². The summed E-state index contributed by atoms with van der Waals surface area (Å²) in [5.74, 6) is 2.28. The fraction of sp³-hybridized carbons (Fsp3) is 1.00. The highest BCUT2D eigenvalue weighted by Crippen LogP contribution is 2.51. The van der Waals surface area contributed by atoms with Gasteiger partial charge in [0.25, 0.3) is 0 Å². The van der Waals surface area contributed by atoms with Gasteiger partial charge in [0, 0.05) is 13.2 Å². The molecule has 0 aromatic rings. The summed E-state index contributed by atoms with van der Waals surface area (Å²) in [6, 6.07) is 0. The van der Waals surface area contributed by atoms with Crippen molar-refractivity contribution in [2.24, 2.45) is 23.7 Å². The number of aliphatic hydroxyl groups excluding tert-OH is 2. The predicted octanol–water partition coefficient (Wildman–Crippen LogP) is 0.633. The van der Waals surface area contributed by atoms with E-state index in [-0.39, 0.29) is 13.2 Å². The predicted molar refractivity (Wildman–Crippen MR) is 42.0 cm³/mol. The van der Waals surface area contributed by atoms with Gasteiger partial charge in [-0.2, -0.15) is 0 Å². The molecule has 2 saturated carbocycles. The molecule has 0 amide bonds. The van der Waals surface area contributed by atoms with Gasteiger partial charge in [0.05, 0.1) is 0 Å². The molecule has 0 spiro atoms. The third kappa shape index (κ3) is 1.00.